The first-order valence-electron chi connectivity index (χ1n) is 20.4. The van der Waals surface area contributed by atoms with Gasteiger partial charge < -0.3 is 56.4 Å². The van der Waals surface area contributed by atoms with Crippen LogP contribution in [0, 0.1) is 12.8 Å². The lowest BCUT2D eigenvalue weighted by molar-refractivity contribution is -0.173. The molecule has 3 aromatic rings. The van der Waals surface area contributed by atoms with Crippen LogP contribution >= 0.6 is 0 Å². The van der Waals surface area contributed by atoms with Crippen LogP contribution in [0.5, 0.6) is 0 Å². The monoisotopic (exact) mass is 876 g/mol. The van der Waals surface area contributed by atoms with Crippen molar-refractivity contribution in [3.05, 3.63) is 60.1 Å². The number of nitrogens with one attached hydrogen (secondary N) is 6. The van der Waals surface area contributed by atoms with Crippen LogP contribution in [0.1, 0.15) is 51.8 Å². The Morgan fingerprint density at radius 2 is 1.67 bits per heavy atom. The number of anilines is 2. The number of hydrogen-bond acceptors (Lipinski definition) is 15. The molecular formula is C41H52N10O12. The van der Waals surface area contributed by atoms with E-state index in [1.165, 1.54) is 13.3 Å². The Kier molecular flexibility index (Phi) is 14.4. The van der Waals surface area contributed by atoms with Gasteiger partial charge in [-0.2, -0.15) is 0 Å². The molecule has 7 amide bonds. The number of aryl methyl sites for hydroxylation is 1. The minimum absolute atomic E-state index is 0.00254. The number of nitrogens with zero attached hydrogens (tertiary/aromatic N) is 4. The van der Waals surface area contributed by atoms with Gasteiger partial charge in [-0.1, -0.05) is 26.0 Å². The van der Waals surface area contributed by atoms with Gasteiger partial charge in [-0.3, -0.25) is 38.6 Å². The quantitative estimate of drug-likeness (QED) is 0.0854. The smallest absolute Gasteiger partial charge is 0.410 e. The summed E-state index contributed by atoms with van der Waals surface area (Å²) >= 11 is 0. The van der Waals surface area contributed by atoms with E-state index in [0.29, 0.717) is 28.1 Å². The Bertz CT molecular complexity index is 2230. The highest BCUT2D eigenvalue weighted by molar-refractivity contribution is 6.13. The second-order valence-corrected chi connectivity index (χ2v) is 16.0. The third kappa shape index (κ3) is 10.8. The molecule has 0 saturated carbocycles. The maximum Gasteiger partial charge on any atom is 0.410 e. The van der Waals surface area contributed by atoms with E-state index in [1.807, 2.05) is 13.0 Å². The molecule has 9 atom stereocenters. The average Bonchev–Trinajstić information content (AvgIpc) is 3.93. The highest BCUT2D eigenvalue weighted by Gasteiger charge is 2.47. The predicted molar refractivity (Wildman–Crippen MR) is 222 cm³/mol. The van der Waals surface area contributed by atoms with E-state index in [9.17, 15) is 48.9 Å². The standard InChI is InChI=1S/C41H52N10O12/c1-19(2)30(47-27(53)13-15-50-28(54)10-11-29(50)55)38(59)45-21(4)37(58)46-24-8-6-23(7-9-24)17-62-41(61)51-14-12-26(52)33(51)39(60)48-31-22(5)63-40(35(57)34(31)56)49-36-32-25(42-18-43-36)16-20(3)44-32/h6-11,16,18-19,21-22,26,30-31,33-35,40,44,52,56-57H,12-15,17H2,1-5H3,(H,45,59)(H,46,58)(H,47,53)(H,48,60)(H,42,43,49)/t21-,22-,26-,30-,31-,33+,34+,35-,40-/m0/s1. The zero-order valence-electron chi connectivity index (χ0n) is 35.2. The number of hydrogen-bond donors (Lipinski definition) is 9. The number of benzene rings is 1. The number of amides is 7. The summed E-state index contributed by atoms with van der Waals surface area (Å²) in [6.45, 7) is 7.96. The molecule has 2 saturated heterocycles. The Labute approximate surface area is 361 Å². The number of carbonyl (C=O) groups excluding carboxylic acids is 7. The fourth-order valence-corrected chi connectivity index (χ4v) is 7.43. The second kappa shape index (κ2) is 19.7. The van der Waals surface area contributed by atoms with Crippen LogP contribution in [0.4, 0.5) is 16.3 Å². The van der Waals surface area contributed by atoms with Crippen molar-refractivity contribution in [3.63, 3.8) is 0 Å². The van der Waals surface area contributed by atoms with Crippen LogP contribution in [0.15, 0.2) is 48.8 Å². The molecule has 0 radical (unpaired) electrons. The molecule has 0 aliphatic carbocycles. The van der Waals surface area contributed by atoms with E-state index in [-0.39, 0.29) is 38.5 Å². The lowest BCUT2D eigenvalue weighted by atomic mass is 9.95. The molecule has 22 nitrogen and oxygen atoms in total. The van der Waals surface area contributed by atoms with Gasteiger partial charge in [0.2, 0.25) is 23.6 Å². The number of fused-ring (bicyclic) bond motifs is 1. The molecule has 9 N–H and O–H groups in total. The van der Waals surface area contributed by atoms with Gasteiger partial charge in [0, 0.05) is 43.0 Å². The number of ether oxygens (including phenoxy) is 2. The molecule has 338 valence electrons. The first-order chi connectivity index (χ1) is 29.9. The number of imide groups is 1. The number of H-pyrrole nitrogens is 1. The number of carbonyl (C=O) groups is 7. The maximum atomic E-state index is 13.6. The molecule has 5 heterocycles. The number of rotatable bonds is 15. The number of aliphatic hydroxyl groups is 3. The molecule has 0 spiro atoms. The van der Waals surface area contributed by atoms with Crippen LogP contribution in [0.2, 0.25) is 0 Å². The van der Waals surface area contributed by atoms with Gasteiger partial charge in [0.05, 0.1) is 23.8 Å². The van der Waals surface area contributed by atoms with E-state index in [2.05, 4.69) is 41.5 Å². The van der Waals surface area contributed by atoms with Crippen LogP contribution in [-0.2, 0) is 44.8 Å². The zero-order valence-corrected chi connectivity index (χ0v) is 35.2. The largest absolute Gasteiger partial charge is 0.445 e. The van der Waals surface area contributed by atoms with Gasteiger partial charge in [-0.05, 0) is 56.9 Å². The van der Waals surface area contributed by atoms with Gasteiger partial charge in [0.1, 0.15) is 48.8 Å². The number of aliphatic hydroxyl groups excluding tert-OH is 3. The summed E-state index contributed by atoms with van der Waals surface area (Å²) in [6, 6.07) is 3.60. The molecule has 2 aromatic heterocycles. The Morgan fingerprint density at radius 3 is 2.35 bits per heavy atom. The lowest BCUT2D eigenvalue weighted by Gasteiger charge is -2.42. The van der Waals surface area contributed by atoms with Crippen molar-refractivity contribution >= 4 is 64.1 Å². The highest BCUT2D eigenvalue weighted by atomic mass is 16.6. The first kappa shape index (κ1) is 46.0. The molecule has 22 heteroatoms. The van der Waals surface area contributed by atoms with E-state index < -0.39 is 96.3 Å². The third-order valence-corrected chi connectivity index (χ3v) is 11.0. The Hall–Kier alpha value is -6.49. The summed E-state index contributed by atoms with van der Waals surface area (Å²) in [5, 5.41) is 46.3. The van der Waals surface area contributed by atoms with Crippen molar-refractivity contribution < 1.29 is 58.4 Å². The number of likely N-dealkylation sites (tertiary alicyclic amines) is 1. The summed E-state index contributed by atoms with van der Waals surface area (Å²) in [5.41, 5.74) is 2.94. The minimum atomic E-state index is -1.52. The zero-order chi connectivity index (χ0) is 45.7. The maximum absolute atomic E-state index is 13.6. The fourth-order valence-electron chi connectivity index (χ4n) is 7.43. The van der Waals surface area contributed by atoms with Gasteiger partial charge in [-0.15, -0.1) is 0 Å². The summed E-state index contributed by atoms with van der Waals surface area (Å²) in [5.74, 6) is -3.57. The van der Waals surface area contributed by atoms with Crippen LogP contribution in [-0.4, -0.2) is 150 Å². The summed E-state index contributed by atoms with van der Waals surface area (Å²) in [6.07, 6.45) is -3.66. The average molecular weight is 877 g/mol. The molecule has 3 aliphatic heterocycles. The summed E-state index contributed by atoms with van der Waals surface area (Å²) in [4.78, 5) is 102. The molecule has 1 aromatic carbocycles. The molecule has 3 aliphatic rings. The highest BCUT2D eigenvalue weighted by Crippen LogP contribution is 2.27. The lowest BCUT2D eigenvalue weighted by Crippen LogP contribution is -2.66. The normalized spacial score (nSPS) is 24.3. The minimum Gasteiger partial charge on any atom is -0.445 e. The van der Waals surface area contributed by atoms with E-state index in [0.717, 1.165) is 27.6 Å². The van der Waals surface area contributed by atoms with Crippen molar-refractivity contribution in [1.29, 1.82) is 0 Å². The fraction of sp³-hybridized carbons (Fsp3) is 0.488. The SMILES string of the molecule is Cc1cc2ncnc(N[C@H]3O[C@@H](C)[C@H](NC(=O)[C@H]4[C@@H](O)CCN4C(=O)OCc4ccc(NC(=O)[C@H](C)NC(=O)[C@@H](NC(=O)CCN5C(=O)C=CC5=O)C(C)C)cc4)[C@@H](O)[C@@H]3O)c2[nH]1. The van der Waals surface area contributed by atoms with Crippen molar-refractivity contribution in [2.45, 2.75) is 109 Å². The van der Waals surface area contributed by atoms with Crippen molar-refractivity contribution in [2.24, 2.45) is 5.92 Å². The molecular weight excluding hydrogens is 825 g/mol. The Morgan fingerprint density at radius 1 is 0.968 bits per heavy atom. The van der Waals surface area contributed by atoms with E-state index >= 15 is 0 Å². The number of aromatic amines is 1. The molecule has 63 heavy (non-hydrogen) atoms. The predicted octanol–water partition coefficient (Wildman–Crippen LogP) is -0.699. The molecule has 6 rings (SSSR count). The second-order valence-electron chi connectivity index (χ2n) is 16.0. The van der Waals surface area contributed by atoms with Crippen molar-refractivity contribution in [2.75, 3.05) is 23.7 Å². The van der Waals surface area contributed by atoms with Crippen LogP contribution < -0.4 is 26.6 Å². The molecule has 0 unspecified atom stereocenters. The van der Waals surface area contributed by atoms with Crippen LogP contribution in [0.25, 0.3) is 11.0 Å². The first-order valence-corrected chi connectivity index (χ1v) is 20.4. The van der Waals surface area contributed by atoms with Crippen molar-refractivity contribution in [3.8, 4) is 0 Å². The van der Waals surface area contributed by atoms with Crippen molar-refractivity contribution in [1.82, 2.24) is 40.7 Å². The summed E-state index contributed by atoms with van der Waals surface area (Å²) in [7, 11) is 0. The third-order valence-electron chi connectivity index (χ3n) is 11.0. The Balaban J connectivity index is 0.956. The topological polar surface area (TPSA) is 307 Å². The number of aromatic nitrogens is 3. The molecule has 0 bridgehead atoms. The van der Waals surface area contributed by atoms with Gasteiger partial charge >= 0.3 is 6.09 Å². The molecule has 2 fully saturated rings. The van der Waals surface area contributed by atoms with Gasteiger partial charge in [0.25, 0.3) is 11.8 Å². The van der Waals surface area contributed by atoms with Crippen LogP contribution in [0.3, 0.4) is 0 Å². The van der Waals surface area contributed by atoms with Gasteiger partial charge in [0.15, 0.2) is 12.0 Å². The van der Waals surface area contributed by atoms with Gasteiger partial charge in [-0.25, -0.2) is 14.8 Å². The van der Waals surface area contributed by atoms with E-state index in [4.69, 9.17) is 9.47 Å². The summed E-state index contributed by atoms with van der Waals surface area (Å²) < 4.78 is 11.4. The van der Waals surface area contributed by atoms with E-state index in [1.54, 1.807) is 45.0 Å².